The highest BCUT2D eigenvalue weighted by atomic mass is 35.5. The van der Waals surface area contributed by atoms with Crippen molar-refractivity contribution in [2.24, 2.45) is 0 Å². The van der Waals surface area contributed by atoms with Gasteiger partial charge in [-0.2, -0.15) is 23.5 Å². The third-order valence-electron chi connectivity index (χ3n) is 6.38. The number of hydrogen-bond donors (Lipinski definition) is 0. The SMILES string of the molecule is CC(Oc1ccc(C#N)c(Cl)c1C(=O)N1CCc2c(cnn2C2CCCCC2)C1)C(F)(F)F. The standard InChI is InChI=1S/C23H24ClF3N4O2/c1-14(23(25,26)27)33-19-8-7-15(11-28)21(24)20(19)22(32)30-10-9-18-16(13-30)12-29-31(18)17-5-3-2-4-6-17/h7-8,12,14,17H,2-6,9-10,13H2,1H3. The number of nitrogens with zero attached hydrogens (tertiary/aromatic N) is 4. The van der Waals surface area contributed by atoms with E-state index < -0.39 is 18.2 Å². The minimum atomic E-state index is -4.62. The fourth-order valence-electron chi connectivity index (χ4n) is 4.53. The second kappa shape index (κ2) is 9.26. The van der Waals surface area contributed by atoms with Gasteiger partial charge in [0.1, 0.15) is 17.4 Å². The van der Waals surface area contributed by atoms with Gasteiger partial charge in [0.25, 0.3) is 5.91 Å². The van der Waals surface area contributed by atoms with Crippen LogP contribution >= 0.6 is 11.6 Å². The molecule has 10 heteroatoms. The second-order valence-electron chi connectivity index (χ2n) is 8.54. The van der Waals surface area contributed by atoms with Crippen LogP contribution in [0.3, 0.4) is 0 Å². The van der Waals surface area contributed by atoms with Gasteiger partial charge in [-0.05, 0) is 31.9 Å². The number of halogens is 4. The number of hydrogen-bond acceptors (Lipinski definition) is 4. The molecule has 1 aliphatic carbocycles. The summed E-state index contributed by atoms with van der Waals surface area (Å²) < 4.78 is 46.4. The molecule has 1 aromatic carbocycles. The summed E-state index contributed by atoms with van der Waals surface area (Å²) in [4.78, 5) is 14.9. The molecule has 1 unspecified atom stereocenters. The first-order chi connectivity index (χ1) is 15.7. The lowest BCUT2D eigenvalue weighted by Gasteiger charge is -2.31. The van der Waals surface area contributed by atoms with Crippen LogP contribution in [0.1, 0.15) is 72.2 Å². The topological polar surface area (TPSA) is 71.2 Å². The number of aromatic nitrogens is 2. The van der Waals surface area contributed by atoms with Crippen molar-refractivity contribution in [1.29, 1.82) is 5.26 Å². The average Bonchev–Trinajstić information content (AvgIpc) is 3.22. The van der Waals surface area contributed by atoms with Gasteiger partial charge in [-0.3, -0.25) is 9.48 Å². The van der Waals surface area contributed by atoms with E-state index in [0.717, 1.165) is 31.0 Å². The molecule has 0 radical (unpaired) electrons. The molecule has 1 aromatic heterocycles. The van der Waals surface area contributed by atoms with E-state index in [9.17, 15) is 23.2 Å². The molecule has 176 valence electrons. The summed E-state index contributed by atoms with van der Waals surface area (Å²) in [5, 5.41) is 13.7. The molecular formula is C23H24ClF3N4O2. The molecule has 4 rings (SSSR count). The molecule has 1 amide bonds. The zero-order chi connectivity index (χ0) is 23.8. The van der Waals surface area contributed by atoms with Gasteiger partial charge in [0, 0.05) is 30.8 Å². The van der Waals surface area contributed by atoms with Gasteiger partial charge in [-0.1, -0.05) is 30.9 Å². The highest BCUT2D eigenvalue weighted by Crippen LogP contribution is 2.36. The lowest BCUT2D eigenvalue weighted by atomic mass is 9.95. The molecule has 1 atom stereocenters. The molecule has 0 bridgehead atoms. The van der Waals surface area contributed by atoms with Crippen molar-refractivity contribution < 1.29 is 22.7 Å². The van der Waals surface area contributed by atoms with Crippen LogP contribution in [0.25, 0.3) is 0 Å². The second-order valence-corrected chi connectivity index (χ2v) is 8.92. The maximum absolute atomic E-state index is 13.4. The van der Waals surface area contributed by atoms with Crippen LogP contribution in [0.2, 0.25) is 5.02 Å². The Balaban J connectivity index is 1.61. The van der Waals surface area contributed by atoms with Crippen LogP contribution in [0, 0.1) is 11.3 Å². The summed E-state index contributed by atoms with van der Waals surface area (Å²) in [6.45, 7) is 1.49. The van der Waals surface area contributed by atoms with Gasteiger partial charge in [0.15, 0.2) is 6.10 Å². The summed E-state index contributed by atoms with van der Waals surface area (Å²) >= 11 is 6.28. The third-order valence-corrected chi connectivity index (χ3v) is 6.77. The van der Waals surface area contributed by atoms with Crippen molar-refractivity contribution in [2.45, 2.75) is 70.3 Å². The Bertz CT molecular complexity index is 1090. The van der Waals surface area contributed by atoms with Gasteiger partial charge in [-0.25, -0.2) is 0 Å². The molecule has 6 nitrogen and oxygen atoms in total. The Morgan fingerprint density at radius 1 is 1.30 bits per heavy atom. The smallest absolute Gasteiger partial charge is 0.425 e. The number of amides is 1. The summed E-state index contributed by atoms with van der Waals surface area (Å²) in [6.07, 6.45) is 1.36. The predicted octanol–water partition coefficient (Wildman–Crippen LogP) is 5.44. The highest BCUT2D eigenvalue weighted by molar-refractivity contribution is 6.35. The predicted molar refractivity (Wildman–Crippen MR) is 115 cm³/mol. The van der Waals surface area contributed by atoms with Crippen LogP contribution in [0.5, 0.6) is 5.75 Å². The van der Waals surface area contributed by atoms with Crippen LogP contribution in [0.4, 0.5) is 13.2 Å². The number of carbonyl (C=O) groups excluding carboxylic acids is 1. The molecule has 2 aromatic rings. The van der Waals surface area contributed by atoms with Gasteiger partial charge < -0.3 is 9.64 Å². The maximum Gasteiger partial charge on any atom is 0.425 e. The Hall–Kier alpha value is -2.73. The molecule has 2 heterocycles. The van der Waals surface area contributed by atoms with Crippen molar-refractivity contribution in [3.63, 3.8) is 0 Å². The van der Waals surface area contributed by atoms with Crippen molar-refractivity contribution in [1.82, 2.24) is 14.7 Å². The molecule has 1 fully saturated rings. The van der Waals surface area contributed by atoms with E-state index in [0.29, 0.717) is 19.0 Å². The normalized spacial score (nSPS) is 17.9. The zero-order valence-corrected chi connectivity index (χ0v) is 18.9. The van der Waals surface area contributed by atoms with Crippen molar-refractivity contribution in [2.75, 3.05) is 6.54 Å². The number of benzene rings is 1. The number of alkyl halides is 3. The molecular weight excluding hydrogens is 457 g/mol. The lowest BCUT2D eigenvalue weighted by molar-refractivity contribution is -0.189. The van der Waals surface area contributed by atoms with Gasteiger partial charge in [-0.15, -0.1) is 0 Å². The lowest BCUT2D eigenvalue weighted by Crippen LogP contribution is -2.37. The molecule has 1 saturated carbocycles. The molecule has 2 aliphatic rings. The Morgan fingerprint density at radius 3 is 2.70 bits per heavy atom. The largest absolute Gasteiger partial charge is 0.480 e. The number of fused-ring (bicyclic) bond motifs is 1. The summed E-state index contributed by atoms with van der Waals surface area (Å²) in [6, 6.07) is 4.68. The van der Waals surface area contributed by atoms with Crippen LogP contribution < -0.4 is 4.74 Å². The Kier molecular flexibility index (Phi) is 6.57. The number of carbonyl (C=O) groups is 1. The molecule has 0 N–H and O–H groups in total. The van der Waals surface area contributed by atoms with E-state index in [1.54, 1.807) is 6.20 Å². The number of rotatable bonds is 4. The minimum absolute atomic E-state index is 0.00477. The number of nitriles is 1. The first-order valence-corrected chi connectivity index (χ1v) is 11.4. The molecule has 0 spiro atoms. The molecule has 33 heavy (non-hydrogen) atoms. The molecule has 0 saturated heterocycles. The van der Waals surface area contributed by atoms with Crippen LogP contribution in [0.15, 0.2) is 18.3 Å². The van der Waals surface area contributed by atoms with Crippen molar-refractivity contribution in [3.05, 3.63) is 45.7 Å². The van der Waals surface area contributed by atoms with Gasteiger partial charge in [0.2, 0.25) is 0 Å². The van der Waals surface area contributed by atoms with Crippen LogP contribution in [-0.4, -0.2) is 39.4 Å². The first-order valence-electron chi connectivity index (χ1n) is 11.0. The van der Waals surface area contributed by atoms with Gasteiger partial charge in [0.05, 0.1) is 22.8 Å². The number of ether oxygens (including phenoxy) is 1. The van der Waals surface area contributed by atoms with Crippen molar-refractivity contribution >= 4 is 17.5 Å². The van der Waals surface area contributed by atoms with Gasteiger partial charge >= 0.3 is 6.18 Å². The van der Waals surface area contributed by atoms with E-state index in [-0.39, 0.29) is 28.4 Å². The average molecular weight is 481 g/mol. The van der Waals surface area contributed by atoms with Crippen LogP contribution in [-0.2, 0) is 13.0 Å². The fraction of sp³-hybridized carbons (Fsp3) is 0.522. The van der Waals surface area contributed by atoms with E-state index in [1.807, 2.05) is 6.07 Å². The monoisotopic (exact) mass is 480 g/mol. The maximum atomic E-state index is 13.4. The fourth-order valence-corrected chi connectivity index (χ4v) is 4.81. The Labute approximate surface area is 194 Å². The van der Waals surface area contributed by atoms with Crippen molar-refractivity contribution in [3.8, 4) is 11.8 Å². The zero-order valence-electron chi connectivity index (χ0n) is 18.2. The quantitative estimate of drug-likeness (QED) is 0.584. The third kappa shape index (κ3) is 4.67. The minimum Gasteiger partial charge on any atom is -0.480 e. The Morgan fingerprint density at radius 2 is 2.03 bits per heavy atom. The summed E-state index contributed by atoms with van der Waals surface area (Å²) in [7, 11) is 0. The summed E-state index contributed by atoms with van der Waals surface area (Å²) in [5.74, 6) is -0.866. The van der Waals surface area contributed by atoms with E-state index in [2.05, 4.69) is 9.78 Å². The summed E-state index contributed by atoms with van der Waals surface area (Å²) in [5.41, 5.74) is 1.79. The van der Waals surface area contributed by atoms with E-state index in [4.69, 9.17) is 16.3 Å². The molecule has 1 aliphatic heterocycles. The highest BCUT2D eigenvalue weighted by Gasteiger charge is 2.39. The first kappa shape index (κ1) is 23.4. The van der Waals surface area contributed by atoms with E-state index >= 15 is 0 Å². The van der Waals surface area contributed by atoms with E-state index in [1.165, 1.54) is 36.3 Å².